The van der Waals surface area contributed by atoms with Crippen molar-refractivity contribution in [1.82, 2.24) is 10.2 Å². The van der Waals surface area contributed by atoms with Gasteiger partial charge in [0.2, 0.25) is 0 Å². The molecule has 0 aromatic heterocycles. The van der Waals surface area contributed by atoms with Crippen LogP contribution >= 0.6 is 9.90 Å². The number of nitrogens with one attached hydrogen (secondary N) is 1. The molecule has 0 saturated heterocycles. The van der Waals surface area contributed by atoms with Gasteiger partial charge in [-0.1, -0.05) is 0 Å². The zero-order chi connectivity index (χ0) is 8.53. The van der Waals surface area contributed by atoms with Crippen LogP contribution in [0.1, 0.15) is 0 Å². The average Bonchev–Trinajstić information content (AvgIpc) is 2.01. The Morgan fingerprint density at radius 2 is 1.54 bits per heavy atom. The Hall–Kier alpha value is 1.37. The van der Waals surface area contributed by atoms with Gasteiger partial charge in [-0.2, -0.15) is 9.90 Å². The summed E-state index contributed by atoms with van der Waals surface area (Å²) in [5.74, 6) is 0. The maximum atomic E-state index is 5.41. The maximum Gasteiger partial charge on any atom is 0.0106 e. The Morgan fingerprint density at radius 1 is 1.08 bits per heavy atom. The van der Waals surface area contributed by atoms with Gasteiger partial charge in [-0.15, -0.1) is 0 Å². The predicted octanol–water partition coefficient (Wildman–Crippen LogP) is -1.36. The second-order valence-corrected chi connectivity index (χ2v) is 2.42. The summed E-state index contributed by atoms with van der Waals surface area (Å²) >= 11 is 0. The van der Waals surface area contributed by atoms with Crippen LogP contribution in [0.25, 0.3) is 0 Å². The molecule has 13 heavy (non-hydrogen) atoms. The first-order chi connectivity index (χ1) is 5.35. The van der Waals surface area contributed by atoms with Crippen LogP contribution in [-0.2, 0) is 32.7 Å². The third-order valence-corrected chi connectivity index (χ3v) is 1.50. The molecule has 0 rings (SSSR count). The van der Waals surface area contributed by atoms with Crippen LogP contribution in [0.4, 0.5) is 0 Å². The maximum absolute atomic E-state index is 5.41. The van der Waals surface area contributed by atoms with Crippen molar-refractivity contribution in [2.45, 2.75) is 0 Å². The summed E-state index contributed by atoms with van der Waals surface area (Å²) in [6.45, 7) is 5.07. The predicted molar refractivity (Wildman–Crippen MR) is 59.0 cm³/mol. The summed E-state index contributed by atoms with van der Waals surface area (Å²) < 4.78 is 0. The van der Waals surface area contributed by atoms with Crippen LogP contribution in [0.5, 0.6) is 0 Å². The van der Waals surface area contributed by atoms with Crippen molar-refractivity contribution in [3.63, 3.8) is 0 Å². The molecule has 0 heterocycles. The minimum Gasteiger partial charge on any atom is -0.472 e. The first-order valence-electron chi connectivity index (χ1n) is 3.97. The van der Waals surface area contributed by atoms with Gasteiger partial charge in [-0.05, 0) is 6.54 Å². The van der Waals surface area contributed by atoms with E-state index >= 15 is 0 Å². The van der Waals surface area contributed by atoms with Crippen LogP contribution in [0.2, 0.25) is 0 Å². The molecule has 0 aliphatic heterocycles. The minimum absolute atomic E-state index is 0. The normalized spacial score (nSPS) is 9.23. The molecule has 0 aliphatic rings. The SMILES string of the molecule is P.[CH2-]NCCN(CCN)CCN.[Y]. The average molecular weight is 282 g/mol. The second kappa shape index (κ2) is 15.8. The van der Waals surface area contributed by atoms with Crippen molar-refractivity contribution in [3.8, 4) is 0 Å². The van der Waals surface area contributed by atoms with Gasteiger partial charge in [0, 0.05) is 65.4 Å². The van der Waals surface area contributed by atoms with E-state index in [0.717, 1.165) is 26.2 Å². The van der Waals surface area contributed by atoms with Gasteiger partial charge >= 0.3 is 0 Å². The summed E-state index contributed by atoms with van der Waals surface area (Å²) in [6, 6.07) is 0. The Morgan fingerprint density at radius 3 is 1.85 bits per heavy atom. The molecule has 0 aromatic carbocycles. The van der Waals surface area contributed by atoms with Crippen molar-refractivity contribution in [2.24, 2.45) is 11.5 Å². The van der Waals surface area contributed by atoms with Crippen LogP contribution in [0.15, 0.2) is 0 Å². The third-order valence-electron chi connectivity index (χ3n) is 1.50. The molecule has 1 unspecified atom stereocenters. The smallest absolute Gasteiger partial charge is 0.0106 e. The van der Waals surface area contributed by atoms with Crippen molar-refractivity contribution in [1.29, 1.82) is 0 Å². The van der Waals surface area contributed by atoms with E-state index in [2.05, 4.69) is 17.3 Å². The Labute approximate surface area is 110 Å². The van der Waals surface area contributed by atoms with E-state index in [0.29, 0.717) is 13.1 Å². The number of hydrogen-bond acceptors (Lipinski definition) is 4. The Balaban J connectivity index is -0.000000500. The van der Waals surface area contributed by atoms with Gasteiger partial charge in [-0.25, -0.2) is 0 Å². The molecule has 0 bridgehead atoms. The fourth-order valence-corrected chi connectivity index (χ4v) is 0.938. The van der Waals surface area contributed by atoms with E-state index < -0.39 is 0 Å². The fourth-order valence-electron chi connectivity index (χ4n) is 0.938. The zero-order valence-corrected chi connectivity index (χ0v) is 12.6. The quantitative estimate of drug-likeness (QED) is 0.399. The van der Waals surface area contributed by atoms with Gasteiger partial charge in [-0.3, -0.25) is 11.9 Å². The molecule has 79 valence electrons. The molecule has 0 aliphatic carbocycles. The van der Waals surface area contributed by atoms with Crippen LogP contribution in [-0.4, -0.2) is 44.2 Å². The van der Waals surface area contributed by atoms with Gasteiger partial charge < -0.3 is 16.8 Å². The van der Waals surface area contributed by atoms with Gasteiger partial charge in [0.25, 0.3) is 0 Å². The molecule has 0 saturated carbocycles. The van der Waals surface area contributed by atoms with Crippen LogP contribution in [0.3, 0.4) is 0 Å². The first kappa shape index (κ1) is 19.9. The van der Waals surface area contributed by atoms with E-state index in [1.807, 2.05) is 0 Å². The topological polar surface area (TPSA) is 67.3 Å². The molecule has 0 amide bonds. The van der Waals surface area contributed by atoms with E-state index in [9.17, 15) is 0 Å². The van der Waals surface area contributed by atoms with E-state index in [1.165, 1.54) is 0 Å². The monoisotopic (exact) mass is 282 g/mol. The molecule has 0 spiro atoms. The Bertz CT molecular complexity index is 80.9. The summed E-state index contributed by atoms with van der Waals surface area (Å²) in [7, 11) is 3.54. The molecule has 5 N–H and O–H groups in total. The minimum atomic E-state index is 0. The van der Waals surface area contributed by atoms with Crippen molar-refractivity contribution >= 4 is 9.90 Å². The summed E-state index contributed by atoms with van der Waals surface area (Å²) in [6.07, 6.45) is 0. The van der Waals surface area contributed by atoms with E-state index in [4.69, 9.17) is 11.5 Å². The van der Waals surface area contributed by atoms with Crippen LogP contribution in [0, 0.1) is 7.05 Å². The van der Waals surface area contributed by atoms with Gasteiger partial charge in [0.05, 0.1) is 0 Å². The van der Waals surface area contributed by atoms with E-state index in [1.54, 1.807) is 0 Å². The zero-order valence-electron chi connectivity index (χ0n) is 8.34. The number of nitrogens with zero attached hydrogens (tertiary/aromatic N) is 1. The molecule has 0 aromatic rings. The van der Waals surface area contributed by atoms with E-state index in [-0.39, 0.29) is 42.6 Å². The molecular formula is C7H22N4PY-. The van der Waals surface area contributed by atoms with Crippen molar-refractivity contribution in [3.05, 3.63) is 7.05 Å². The largest absolute Gasteiger partial charge is 0.472 e. The number of rotatable bonds is 7. The van der Waals surface area contributed by atoms with Gasteiger partial charge in [0.1, 0.15) is 0 Å². The Kier molecular flexibility index (Phi) is 24.2. The fraction of sp³-hybridized carbons (Fsp3) is 0.857. The number of hydrogen-bond donors (Lipinski definition) is 3. The standard InChI is InChI=1S/C7H19N4.H3P.Y/c1-10-4-7-11(5-2-8)6-3-9;;/h10H,1-9H2;1H3;/q-1;;. The van der Waals surface area contributed by atoms with Crippen molar-refractivity contribution < 1.29 is 32.7 Å². The molecule has 6 heteroatoms. The summed E-state index contributed by atoms with van der Waals surface area (Å²) in [5.41, 5.74) is 10.8. The summed E-state index contributed by atoms with van der Waals surface area (Å²) in [4.78, 5) is 2.22. The molecule has 4 nitrogen and oxygen atoms in total. The molecular weight excluding hydrogens is 260 g/mol. The first-order valence-corrected chi connectivity index (χ1v) is 3.97. The second-order valence-electron chi connectivity index (χ2n) is 2.42. The third kappa shape index (κ3) is 13.4. The van der Waals surface area contributed by atoms with Crippen LogP contribution < -0.4 is 16.8 Å². The number of nitrogens with two attached hydrogens (primary N) is 2. The molecule has 0 fully saturated rings. The van der Waals surface area contributed by atoms with Gasteiger partial charge in [0.15, 0.2) is 0 Å². The summed E-state index contributed by atoms with van der Waals surface area (Å²) in [5, 5.41) is 2.84. The molecule has 1 atom stereocenters. The molecule has 1 radical (unpaired) electrons. The van der Waals surface area contributed by atoms with Crippen molar-refractivity contribution in [2.75, 3.05) is 39.3 Å².